The van der Waals surface area contributed by atoms with Gasteiger partial charge in [-0.1, -0.05) is 11.6 Å². The van der Waals surface area contributed by atoms with Crippen molar-refractivity contribution in [3.63, 3.8) is 0 Å². The number of hydrogen-bond donors (Lipinski definition) is 2. The summed E-state index contributed by atoms with van der Waals surface area (Å²) in [7, 11) is -3.63. The van der Waals surface area contributed by atoms with E-state index in [4.69, 9.17) is 16.7 Å². The van der Waals surface area contributed by atoms with Crippen LogP contribution in [0.3, 0.4) is 0 Å². The molecular weight excluding hydrogens is 352 g/mol. The van der Waals surface area contributed by atoms with Crippen LogP contribution in [0.25, 0.3) is 0 Å². The average molecular weight is 369 g/mol. The number of anilines is 1. The first-order chi connectivity index (χ1) is 11.3. The van der Waals surface area contributed by atoms with Gasteiger partial charge in [0.05, 0.1) is 28.2 Å². The molecule has 9 heteroatoms. The molecule has 0 aliphatic carbocycles. The van der Waals surface area contributed by atoms with Crippen molar-refractivity contribution in [3.8, 4) is 5.75 Å². The van der Waals surface area contributed by atoms with Crippen LogP contribution in [-0.2, 0) is 10.0 Å². The molecule has 2 aromatic heterocycles. The van der Waals surface area contributed by atoms with Crippen molar-refractivity contribution in [2.24, 2.45) is 5.14 Å². The third-order valence-electron chi connectivity index (χ3n) is 4.14. The smallest absolute Gasteiger partial charge is 0.212 e. The largest absolute Gasteiger partial charge is 0.506 e. The Morgan fingerprint density at radius 2 is 2.00 bits per heavy atom. The highest BCUT2D eigenvalue weighted by atomic mass is 35.5. The molecule has 0 amide bonds. The Balaban J connectivity index is 1.97. The lowest BCUT2D eigenvalue weighted by atomic mass is 9.98. The van der Waals surface area contributed by atoms with E-state index in [0.29, 0.717) is 35.9 Å². The highest BCUT2D eigenvalue weighted by Gasteiger charge is 2.36. The Kier molecular flexibility index (Phi) is 4.62. The summed E-state index contributed by atoms with van der Waals surface area (Å²) in [6, 6.07) is 6.42. The molecule has 2 aromatic rings. The zero-order chi connectivity index (χ0) is 17.3. The summed E-state index contributed by atoms with van der Waals surface area (Å²) in [4.78, 5) is 10.5. The summed E-state index contributed by atoms with van der Waals surface area (Å²) in [5.74, 6) is 0.710. The van der Waals surface area contributed by atoms with Crippen LogP contribution in [0, 0.1) is 0 Å². The molecule has 24 heavy (non-hydrogen) atoms. The van der Waals surface area contributed by atoms with E-state index in [2.05, 4.69) is 9.97 Å². The van der Waals surface area contributed by atoms with Crippen molar-refractivity contribution in [2.45, 2.75) is 24.1 Å². The van der Waals surface area contributed by atoms with E-state index in [1.54, 1.807) is 24.3 Å². The lowest BCUT2D eigenvalue weighted by Crippen LogP contribution is -2.44. The number of halogens is 1. The molecule has 2 atom stereocenters. The number of primary sulfonamides is 1. The average Bonchev–Trinajstić information content (AvgIpc) is 2.55. The van der Waals surface area contributed by atoms with Crippen LogP contribution in [0.5, 0.6) is 5.75 Å². The van der Waals surface area contributed by atoms with Gasteiger partial charge >= 0.3 is 0 Å². The third-order valence-corrected chi connectivity index (χ3v) is 5.72. The maximum absolute atomic E-state index is 11.8. The summed E-state index contributed by atoms with van der Waals surface area (Å²) in [5, 5.41) is 14.6. The van der Waals surface area contributed by atoms with Crippen molar-refractivity contribution < 1.29 is 13.5 Å². The topological polar surface area (TPSA) is 109 Å². The minimum atomic E-state index is -3.63. The molecule has 1 aliphatic rings. The van der Waals surface area contributed by atoms with E-state index in [0.717, 1.165) is 0 Å². The predicted molar refractivity (Wildman–Crippen MR) is 91.4 cm³/mol. The molecule has 0 spiro atoms. The molecule has 128 valence electrons. The standard InChI is InChI=1S/C15H17ClN4O3S/c16-10-1-3-13(18-8-10)14-7-12(24(17,22)23)5-6-20(14)15-4-2-11(21)9-19-15/h1-4,8-9,12,14,21H,5-7H2,(H2,17,22,23). The second-order valence-corrected chi connectivity index (χ2v) is 8.00. The number of nitrogens with zero attached hydrogens (tertiary/aromatic N) is 3. The van der Waals surface area contributed by atoms with E-state index in [1.165, 1.54) is 12.4 Å². The first kappa shape index (κ1) is 16.9. The zero-order valence-corrected chi connectivity index (χ0v) is 14.3. The summed E-state index contributed by atoms with van der Waals surface area (Å²) in [5.41, 5.74) is 0.697. The van der Waals surface area contributed by atoms with Gasteiger partial charge in [0.2, 0.25) is 10.0 Å². The Labute approximate surface area is 145 Å². The monoisotopic (exact) mass is 368 g/mol. The number of rotatable bonds is 3. The van der Waals surface area contributed by atoms with Gasteiger partial charge in [0.1, 0.15) is 11.6 Å². The van der Waals surface area contributed by atoms with Crippen molar-refractivity contribution in [2.75, 3.05) is 11.4 Å². The second-order valence-electron chi connectivity index (χ2n) is 5.72. The van der Waals surface area contributed by atoms with Gasteiger partial charge in [-0.15, -0.1) is 0 Å². The number of pyridine rings is 2. The van der Waals surface area contributed by atoms with Crippen LogP contribution in [0.4, 0.5) is 5.82 Å². The minimum Gasteiger partial charge on any atom is -0.506 e. The lowest BCUT2D eigenvalue weighted by molar-refractivity contribution is 0.449. The van der Waals surface area contributed by atoms with Gasteiger partial charge in [0, 0.05) is 12.7 Å². The molecule has 7 nitrogen and oxygen atoms in total. The number of sulfonamides is 1. The Hall–Kier alpha value is -1.90. The number of aromatic nitrogens is 2. The van der Waals surface area contributed by atoms with Gasteiger partial charge in [-0.25, -0.2) is 18.5 Å². The molecule has 3 N–H and O–H groups in total. The quantitative estimate of drug-likeness (QED) is 0.855. The van der Waals surface area contributed by atoms with E-state index < -0.39 is 15.3 Å². The van der Waals surface area contributed by atoms with Gasteiger partial charge in [0.15, 0.2) is 0 Å². The Morgan fingerprint density at radius 1 is 1.21 bits per heavy atom. The van der Waals surface area contributed by atoms with Crippen molar-refractivity contribution >= 4 is 27.4 Å². The molecule has 0 radical (unpaired) electrons. The predicted octanol–water partition coefficient (Wildman–Crippen LogP) is 1.83. The molecule has 0 aromatic carbocycles. The highest BCUT2D eigenvalue weighted by Crippen LogP contribution is 2.35. The summed E-state index contributed by atoms with van der Waals surface area (Å²) in [6.07, 6.45) is 3.61. The summed E-state index contributed by atoms with van der Waals surface area (Å²) < 4.78 is 23.5. The third kappa shape index (κ3) is 3.61. The summed E-state index contributed by atoms with van der Waals surface area (Å²) >= 11 is 5.89. The minimum absolute atomic E-state index is 0.0688. The normalized spacial score (nSPS) is 21.7. The molecular formula is C15H17ClN4O3S. The first-order valence-electron chi connectivity index (χ1n) is 7.39. The molecule has 0 bridgehead atoms. The fourth-order valence-corrected chi connectivity index (χ4v) is 3.91. The number of piperidine rings is 1. The maximum atomic E-state index is 11.8. The Bertz CT molecular complexity index is 812. The van der Waals surface area contributed by atoms with Crippen LogP contribution in [0.2, 0.25) is 5.02 Å². The maximum Gasteiger partial charge on any atom is 0.212 e. The van der Waals surface area contributed by atoms with E-state index in [-0.39, 0.29) is 11.8 Å². The molecule has 2 unspecified atom stereocenters. The molecule has 1 aliphatic heterocycles. The highest BCUT2D eigenvalue weighted by molar-refractivity contribution is 7.89. The zero-order valence-electron chi connectivity index (χ0n) is 12.7. The van der Waals surface area contributed by atoms with Crippen molar-refractivity contribution in [3.05, 3.63) is 47.4 Å². The van der Waals surface area contributed by atoms with E-state index in [1.807, 2.05) is 4.90 Å². The van der Waals surface area contributed by atoms with Gasteiger partial charge in [-0.3, -0.25) is 4.98 Å². The lowest BCUT2D eigenvalue weighted by Gasteiger charge is -2.39. The molecule has 1 saturated heterocycles. The van der Waals surface area contributed by atoms with Crippen LogP contribution < -0.4 is 10.0 Å². The molecule has 0 saturated carbocycles. The fourth-order valence-electron chi connectivity index (χ4n) is 2.92. The fraction of sp³-hybridized carbons (Fsp3) is 0.333. The van der Waals surface area contributed by atoms with Gasteiger partial charge in [0.25, 0.3) is 0 Å². The molecule has 1 fully saturated rings. The molecule has 3 heterocycles. The number of nitrogens with two attached hydrogens (primary N) is 1. The van der Waals surface area contributed by atoms with Gasteiger partial charge in [-0.2, -0.15) is 0 Å². The van der Waals surface area contributed by atoms with E-state index >= 15 is 0 Å². The SMILES string of the molecule is NS(=O)(=O)C1CCN(c2ccc(O)cn2)C(c2ccc(Cl)cn2)C1. The first-order valence-corrected chi connectivity index (χ1v) is 9.38. The number of hydrogen-bond acceptors (Lipinski definition) is 6. The van der Waals surface area contributed by atoms with Crippen molar-refractivity contribution in [1.29, 1.82) is 0 Å². The Morgan fingerprint density at radius 3 is 2.58 bits per heavy atom. The van der Waals surface area contributed by atoms with Crippen LogP contribution in [-0.4, -0.2) is 35.3 Å². The van der Waals surface area contributed by atoms with Gasteiger partial charge < -0.3 is 10.0 Å². The van der Waals surface area contributed by atoms with Crippen LogP contribution in [0.15, 0.2) is 36.7 Å². The molecule has 3 rings (SSSR count). The van der Waals surface area contributed by atoms with Crippen LogP contribution in [0.1, 0.15) is 24.6 Å². The second kappa shape index (κ2) is 6.54. The van der Waals surface area contributed by atoms with Crippen LogP contribution >= 0.6 is 11.6 Å². The van der Waals surface area contributed by atoms with Crippen molar-refractivity contribution in [1.82, 2.24) is 9.97 Å². The van der Waals surface area contributed by atoms with E-state index in [9.17, 15) is 13.5 Å². The number of aromatic hydroxyl groups is 1. The summed E-state index contributed by atoms with van der Waals surface area (Å²) in [6.45, 7) is 0.466. The van der Waals surface area contributed by atoms with Gasteiger partial charge in [-0.05, 0) is 37.1 Å².